The van der Waals surface area contributed by atoms with E-state index in [2.05, 4.69) is 4.74 Å². The number of hydrogen-bond acceptors (Lipinski definition) is 2. The van der Waals surface area contributed by atoms with Gasteiger partial charge in [0.2, 0.25) is 0 Å². The van der Waals surface area contributed by atoms with E-state index in [0.29, 0.717) is 37.1 Å². The maximum Gasteiger partial charge on any atom is 0.429 e. The summed E-state index contributed by atoms with van der Waals surface area (Å²) >= 11 is 0. The highest BCUT2D eigenvalue weighted by atomic mass is 19.4. The zero-order chi connectivity index (χ0) is 28.5. The molecule has 2 nitrogen and oxygen atoms in total. The number of halogens is 9. The first-order valence-corrected chi connectivity index (χ1v) is 12.1. The number of benzene rings is 3. The topological polar surface area (TPSA) is 18.5 Å². The molecule has 3 aromatic carbocycles. The van der Waals surface area contributed by atoms with Gasteiger partial charge in [-0.15, -0.1) is 0 Å². The molecule has 0 bridgehead atoms. The molecule has 1 aliphatic heterocycles. The molecule has 0 amide bonds. The second-order valence-corrected chi connectivity index (χ2v) is 9.30. The molecule has 1 aliphatic rings. The average molecular weight is 562 g/mol. The first kappa shape index (κ1) is 28.8. The Balaban J connectivity index is 1.53. The quantitative estimate of drug-likeness (QED) is 0.268. The van der Waals surface area contributed by atoms with Crippen LogP contribution in [0.2, 0.25) is 0 Å². The maximum atomic E-state index is 14.8. The summed E-state index contributed by atoms with van der Waals surface area (Å²) in [6.07, 6.45) is -6.49. The minimum atomic E-state index is -4.96. The van der Waals surface area contributed by atoms with Gasteiger partial charge in [-0.3, -0.25) is 0 Å². The van der Waals surface area contributed by atoms with Crippen molar-refractivity contribution < 1.29 is 49.0 Å². The van der Waals surface area contributed by atoms with Crippen molar-refractivity contribution in [2.75, 3.05) is 6.61 Å². The van der Waals surface area contributed by atoms with Gasteiger partial charge in [0.25, 0.3) is 0 Å². The van der Waals surface area contributed by atoms with Crippen molar-refractivity contribution in [1.29, 1.82) is 0 Å². The van der Waals surface area contributed by atoms with Gasteiger partial charge in [0.1, 0.15) is 22.9 Å². The van der Waals surface area contributed by atoms with Gasteiger partial charge in [0.05, 0.1) is 18.3 Å². The SMILES string of the molecule is CCCC1CCC(c2ccc(C(F)(F)Oc3ccc(-c4ccc(C(F)(F)F)c(F)c4)c(F)c3)c(F)c2F)CO1. The van der Waals surface area contributed by atoms with E-state index in [1.54, 1.807) is 0 Å². The summed E-state index contributed by atoms with van der Waals surface area (Å²) in [4.78, 5) is 0. The van der Waals surface area contributed by atoms with Crippen molar-refractivity contribution >= 4 is 0 Å². The highest BCUT2D eigenvalue weighted by Crippen LogP contribution is 2.39. The van der Waals surface area contributed by atoms with Crippen LogP contribution in [0.1, 0.15) is 55.2 Å². The number of hydrogen-bond donors (Lipinski definition) is 0. The van der Waals surface area contributed by atoms with Crippen molar-refractivity contribution in [3.63, 3.8) is 0 Å². The Hall–Kier alpha value is -3.21. The van der Waals surface area contributed by atoms with Gasteiger partial charge in [-0.25, -0.2) is 17.6 Å². The van der Waals surface area contributed by atoms with Crippen LogP contribution in [0.4, 0.5) is 39.5 Å². The third kappa shape index (κ3) is 6.18. The highest BCUT2D eigenvalue weighted by molar-refractivity contribution is 5.65. The van der Waals surface area contributed by atoms with Crippen LogP contribution in [-0.4, -0.2) is 12.7 Å². The van der Waals surface area contributed by atoms with E-state index in [1.165, 1.54) is 0 Å². The minimum absolute atomic E-state index is 0.0150. The molecule has 1 saturated heterocycles. The third-order valence-corrected chi connectivity index (χ3v) is 6.62. The highest BCUT2D eigenvalue weighted by Gasteiger charge is 2.40. The van der Waals surface area contributed by atoms with Crippen molar-refractivity contribution in [3.8, 4) is 16.9 Å². The zero-order valence-electron chi connectivity index (χ0n) is 20.5. The molecule has 0 spiro atoms. The van der Waals surface area contributed by atoms with Crippen LogP contribution in [0.15, 0.2) is 48.5 Å². The lowest BCUT2D eigenvalue weighted by molar-refractivity contribution is -0.187. The molecule has 1 fully saturated rings. The van der Waals surface area contributed by atoms with Crippen LogP contribution in [0.5, 0.6) is 5.75 Å². The van der Waals surface area contributed by atoms with Crippen molar-refractivity contribution in [1.82, 2.24) is 0 Å². The molecule has 0 aliphatic carbocycles. The van der Waals surface area contributed by atoms with Gasteiger partial charge >= 0.3 is 12.3 Å². The second-order valence-electron chi connectivity index (χ2n) is 9.30. The summed E-state index contributed by atoms with van der Waals surface area (Å²) in [5.74, 6) is -7.42. The van der Waals surface area contributed by atoms with Crippen LogP contribution < -0.4 is 4.74 Å². The minimum Gasteiger partial charge on any atom is -0.429 e. The molecule has 0 aromatic heterocycles. The van der Waals surface area contributed by atoms with E-state index in [1.807, 2.05) is 6.92 Å². The lowest BCUT2D eigenvalue weighted by Crippen LogP contribution is -2.27. The largest absolute Gasteiger partial charge is 0.429 e. The molecule has 0 saturated carbocycles. The maximum absolute atomic E-state index is 14.8. The first-order chi connectivity index (χ1) is 18.3. The van der Waals surface area contributed by atoms with Gasteiger partial charge < -0.3 is 9.47 Å². The fraction of sp³-hybridized carbons (Fsp3) is 0.357. The van der Waals surface area contributed by atoms with Gasteiger partial charge in [-0.2, -0.15) is 22.0 Å². The Kier molecular flexibility index (Phi) is 8.20. The predicted molar refractivity (Wildman–Crippen MR) is 124 cm³/mol. The molecule has 0 N–H and O–H groups in total. The van der Waals surface area contributed by atoms with Gasteiger partial charge in [0.15, 0.2) is 11.6 Å². The number of rotatable bonds is 7. The average Bonchev–Trinajstić information content (AvgIpc) is 2.85. The third-order valence-electron chi connectivity index (χ3n) is 6.62. The molecular formula is C28H23F9O2. The fourth-order valence-corrected chi connectivity index (χ4v) is 4.61. The van der Waals surface area contributed by atoms with Gasteiger partial charge in [0, 0.05) is 17.5 Å². The second kappa shape index (κ2) is 11.1. The zero-order valence-corrected chi connectivity index (χ0v) is 20.5. The lowest BCUT2D eigenvalue weighted by Gasteiger charge is -2.30. The smallest absolute Gasteiger partial charge is 0.429 e. The summed E-state index contributed by atoms with van der Waals surface area (Å²) in [7, 11) is 0. The van der Waals surface area contributed by atoms with Crippen molar-refractivity contribution in [2.24, 2.45) is 0 Å². The first-order valence-electron chi connectivity index (χ1n) is 12.1. The fourth-order valence-electron chi connectivity index (χ4n) is 4.61. The molecule has 210 valence electrons. The summed E-state index contributed by atoms with van der Waals surface area (Å²) in [5, 5.41) is 0. The predicted octanol–water partition coefficient (Wildman–Crippen LogP) is 9.12. The van der Waals surface area contributed by atoms with Crippen molar-refractivity contribution in [2.45, 2.75) is 56.9 Å². The van der Waals surface area contributed by atoms with Gasteiger partial charge in [-0.1, -0.05) is 25.5 Å². The molecular weight excluding hydrogens is 539 g/mol. The summed E-state index contributed by atoms with van der Waals surface area (Å²) < 4.78 is 136. The number of alkyl halides is 5. The van der Waals surface area contributed by atoms with Gasteiger partial charge in [-0.05, 0) is 60.7 Å². The summed E-state index contributed by atoms with van der Waals surface area (Å²) in [6, 6.07) is 5.65. The summed E-state index contributed by atoms with van der Waals surface area (Å²) in [5.41, 5.74) is -3.73. The Morgan fingerprint density at radius 2 is 1.54 bits per heavy atom. The molecule has 0 radical (unpaired) electrons. The van der Waals surface area contributed by atoms with Crippen LogP contribution >= 0.6 is 0 Å². The molecule has 11 heteroatoms. The van der Waals surface area contributed by atoms with E-state index in [-0.39, 0.29) is 23.8 Å². The van der Waals surface area contributed by atoms with Crippen molar-refractivity contribution in [3.05, 3.63) is 88.5 Å². The molecule has 2 atom stereocenters. The van der Waals surface area contributed by atoms with E-state index in [4.69, 9.17) is 4.74 Å². The van der Waals surface area contributed by atoms with Crippen LogP contribution in [0, 0.1) is 23.3 Å². The van der Waals surface area contributed by atoms with E-state index in [0.717, 1.165) is 37.1 Å². The molecule has 1 heterocycles. The van der Waals surface area contributed by atoms with Crippen LogP contribution in [0.3, 0.4) is 0 Å². The molecule has 4 rings (SSSR count). The number of ether oxygens (including phenoxy) is 2. The Morgan fingerprint density at radius 1 is 0.821 bits per heavy atom. The monoisotopic (exact) mass is 562 g/mol. The Labute approximate surface area is 218 Å². The standard InChI is InChI=1S/C28H23F9O2/c1-2-3-17-6-4-16(14-38-17)20-9-11-22(26(32)25(20)31)28(36,37)39-18-7-8-19(23(29)13-18)15-5-10-21(24(30)12-15)27(33,34)35/h5,7-13,16-17H,2-4,6,14H2,1H3. The molecule has 2 unspecified atom stereocenters. The normalized spacial score (nSPS) is 18.3. The van der Waals surface area contributed by atoms with Crippen LogP contribution in [-0.2, 0) is 17.0 Å². The van der Waals surface area contributed by atoms with Crippen LogP contribution in [0.25, 0.3) is 11.1 Å². The Bertz CT molecular complexity index is 1330. The lowest BCUT2D eigenvalue weighted by atomic mass is 9.89. The summed E-state index contributed by atoms with van der Waals surface area (Å²) in [6.45, 7) is 2.12. The molecule has 39 heavy (non-hydrogen) atoms. The van der Waals surface area contributed by atoms with E-state index >= 15 is 0 Å². The Morgan fingerprint density at radius 3 is 2.13 bits per heavy atom. The molecule has 3 aromatic rings. The van der Waals surface area contributed by atoms with E-state index < -0.39 is 63.9 Å². The van der Waals surface area contributed by atoms with E-state index in [9.17, 15) is 39.5 Å².